The first-order valence-electron chi connectivity index (χ1n) is 6.90. The Morgan fingerprint density at radius 2 is 2.37 bits per heavy atom. The maximum Gasteiger partial charge on any atom is 0.339 e. The monoisotopic (exact) mass is 264 g/mol. The predicted octanol–water partition coefficient (Wildman–Crippen LogP) is 2.24. The van der Waals surface area contributed by atoms with E-state index in [1.165, 1.54) is 12.6 Å². The minimum Gasteiger partial charge on any atom is -0.478 e. The van der Waals surface area contributed by atoms with Crippen LogP contribution in [-0.4, -0.2) is 33.8 Å². The Labute approximate surface area is 113 Å². The molecule has 0 radical (unpaired) electrons. The van der Waals surface area contributed by atoms with Crippen molar-refractivity contribution in [2.75, 3.05) is 6.61 Å². The van der Waals surface area contributed by atoms with E-state index in [0.717, 1.165) is 25.9 Å². The summed E-state index contributed by atoms with van der Waals surface area (Å²) in [6.45, 7) is 2.82. The van der Waals surface area contributed by atoms with Gasteiger partial charge in [0.2, 0.25) is 0 Å². The molecule has 0 aliphatic carbocycles. The van der Waals surface area contributed by atoms with Crippen molar-refractivity contribution < 1.29 is 14.6 Å². The summed E-state index contributed by atoms with van der Waals surface area (Å²) in [5, 5.41) is 9.10. The summed E-state index contributed by atoms with van der Waals surface area (Å²) in [5.41, 5.74) is 0.853. The molecule has 5 nitrogen and oxygen atoms in total. The fourth-order valence-electron chi connectivity index (χ4n) is 2.33. The van der Waals surface area contributed by atoms with Crippen molar-refractivity contribution in [3.05, 3.63) is 23.3 Å². The van der Waals surface area contributed by atoms with Gasteiger partial charge >= 0.3 is 5.97 Å². The van der Waals surface area contributed by atoms with E-state index in [2.05, 4.69) is 9.97 Å². The van der Waals surface area contributed by atoms with Crippen LogP contribution in [0.15, 0.2) is 6.20 Å². The largest absolute Gasteiger partial charge is 0.478 e. The molecule has 0 saturated carbocycles. The molecule has 19 heavy (non-hydrogen) atoms. The zero-order chi connectivity index (χ0) is 13.7. The van der Waals surface area contributed by atoms with Crippen LogP contribution in [0.5, 0.6) is 0 Å². The molecular formula is C14H20N2O3. The Bertz CT molecular complexity index is 442. The summed E-state index contributed by atoms with van der Waals surface area (Å²) in [4.78, 5) is 19.7. The second-order valence-corrected chi connectivity index (χ2v) is 4.89. The maximum absolute atomic E-state index is 11.1. The molecule has 1 saturated heterocycles. The zero-order valence-corrected chi connectivity index (χ0v) is 11.3. The normalized spacial score (nSPS) is 19.3. The summed E-state index contributed by atoms with van der Waals surface area (Å²) >= 11 is 0. The molecule has 1 aromatic rings. The van der Waals surface area contributed by atoms with Gasteiger partial charge in [0.1, 0.15) is 5.82 Å². The molecule has 0 aromatic carbocycles. The van der Waals surface area contributed by atoms with Crippen LogP contribution in [0.1, 0.15) is 54.5 Å². The molecule has 1 aromatic heterocycles. The lowest BCUT2D eigenvalue weighted by Crippen LogP contribution is -2.23. The van der Waals surface area contributed by atoms with Gasteiger partial charge in [0.25, 0.3) is 0 Å². The standard InChI is InChI=1S/C14H20N2O3/c1-2-5-12-11(14(17)18)9-15-13(16-12)8-10-6-3-4-7-19-10/h9-10H,2-8H2,1H3,(H,17,18). The van der Waals surface area contributed by atoms with E-state index in [1.807, 2.05) is 6.92 Å². The van der Waals surface area contributed by atoms with Gasteiger partial charge < -0.3 is 9.84 Å². The van der Waals surface area contributed by atoms with Crippen molar-refractivity contribution in [1.82, 2.24) is 9.97 Å². The van der Waals surface area contributed by atoms with Gasteiger partial charge in [0.15, 0.2) is 0 Å². The lowest BCUT2D eigenvalue weighted by molar-refractivity contribution is 0.0156. The predicted molar refractivity (Wildman–Crippen MR) is 70.3 cm³/mol. The van der Waals surface area contributed by atoms with Crippen LogP contribution in [0.4, 0.5) is 0 Å². The van der Waals surface area contributed by atoms with Gasteiger partial charge in [-0.15, -0.1) is 0 Å². The highest BCUT2D eigenvalue weighted by Gasteiger charge is 2.18. The quantitative estimate of drug-likeness (QED) is 0.883. The molecule has 1 aliphatic heterocycles. The summed E-state index contributed by atoms with van der Waals surface area (Å²) in [6.07, 6.45) is 7.16. The molecule has 1 unspecified atom stereocenters. The van der Waals surface area contributed by atoms with E-state index in [0.29, 0.717) is 24.4 Å². The summed E-state index contributed by atoms with van der Waals surface area (Å²) in [6, 6.07) is 0. The van der Waals surface area contributed by atoms with Crippen LogP contribution >= 0.6 is 0 Å². The summed E-state index contributed by atoms with van der Waals surface area (Å²) in [5.74, 6) is -0.260. The van der Waals surface area contributed by atoms with Crippen molar-refractivity contribution in [3.8, 4) is 0 Å². The topological polar surface area (TPSA) is 72.3 Å². The van der Waals surface area contributed by atoms with Crippen LogP contribution < -0.4 is 0 Å². The molecule has 0 amide bonds. The highest BCUT2D eigenvalue weighted by molar-refractivity contribution is 5.88. The fourth-order valence-corrected chi connectivity index (χ4v) is 2.33. The Morgan fingerprint density at radius 3 is 3.00 bits per heavy atom. The highest BCUT2D eigenvalue weighted by Crippen LogP contribution is 2.17. The molecule has 1 aliphatic rings. The Balaban J connectivity index is 2.12. The van der Waals surface area contributed by atoms with E-state index in [1.54, 1.807) is 0 Å². The molecular weight excluding hydrogens is 244 g/mol. The first-order valence-corrected chi connectivity index (χ1v) is 6.90. The number of rotatable bonds is 5. The molecule has 5 heteroatoms. The number of nitrogens with zero attached hydrogens (tertiary/aromatic N) is 2. The third-order valence-electron chi connectivity index (χ3n) is 3.32. The van der Waals surface area contributed by atoms with Gasteiger partial charge in [-0.3, -0.25) is 0 Å². The zero-order valence-electron chi connectivity index (χ0n) is 11.3. The van der Waals surface area contributed by atoms with Crippen molar-refractivity contribution >= 4 is 5.97 Å². The van der Waals surface area contributed by atoms with Crippen molar-refractivity contribution in [2.24, 2.45) is 0 Å². The SMILES string of the molecule is CCCc1nc(CC2CCCCO2)ncc1C(=O)O. The number of carbonyl (C=O) groups is 1. The maximum atomic E-state index is 11.1. The van der Waals surface area contributed by atoms with Crippen LogP contribution in [0, 0.1) is 0 Å². The number of aryl methyl sites for hydroxylation is 1. The van der Waals surface area contributed by atoms with Gasteiger partial charge in [0.05, 0.1) is 17.4 Å². The van der Waals surface area contributed by atoms with Crippen LogP contribution in [-0.2, 0) is 17.6 Å². The smallest absolute Gasteiger partial charge is 0.339 e. The van der Waals surface area contributed by atoms with Gasteiger partial charge in [-0.1, -0.05) is 13.3 Å². The van der Waals surface area contributed by atoms with Crippen molar-refractivity contribution in [1.29, 1.82) is 0 Å². The van der Waals surface area contributed by atoms with E-state index < -0.39 is 5.97 Å². The van der Waals surface area contributed by atoms with E-state index >= 15 is 0 Å². The van der Waals surface area contributed by atoms with Gasteiger partial charge in [-0.25, -0.2) is 14.8 Å². The lowest BCUT2D eigenvalue weighted by Gasteiger charge is -2.22. The van der Waals surface area contributed by atoms with Crippen molar-refractivity contribution in [2.45, 2.75) is 51.6 Å². The molecule has 1 atom stereocenters. The number of hydrogen-bond acceptors (Lipinski definition) is 4. The van der Waals surface area contributed by atoms with E-state index in [-0.39, 0.29) is 11.7 Å². The molecule has 1 N–H and O–H groups in total. The number of carboxylic acids is 1. The molecule has 2 heterocycles. The molecule has 0 bridgehead atoms. The van der Waals surface area contributed by atoms with Crippen LogP contribution in [0.2, 0.25) is 0 Å². The van der Waals surface area contributed by atoms with Gasteiger partial charge in [0, 0.05) is 19.2 Å². The number of carboxylic acid groups (broad SMARTS) is 1. The minimum absolute atomic E-state index is 0.180. The Kier molecular flexibility index (Phi) is 4.85. The number of hydrogen-bond donors (Lipinski definition) is 1. The third-order valence-corrected chi connectivity index (χ3v) is 3.32. The number of aromatic nitrogens is 2. The molecule has 0 spiro atoms. The lowest BCUT2D eigenvalue weighted by atomic mass is 10.1. The minimum atomic E-state index is -0.955. The fraction of sp³-hybridized carbons (Fsp3) is 0.643. The van der Waals surface area contributed by atoms with E-state index in [9.17, 15) is 4.79 Å². The molecule has 104 valence electrons. The van der Waals surface area contributed by atoms with Crippen LogP contribution in [0.3, 0.4) is 0 Å². The summed E-state index contributed by atoms with van der Waals surface area (Å²) < 4.78 is 5.66. The number of aromatic carboxylic acids is 1. The molecule has 2 rings (SSSR count). The number of ether oxygens (including phenoxy) is 1. The average Bonchev–Trinajstić information content (AvgIpc) is 2.40. The molecule has 1 fully saturated rings. The van der Waals surface area contributed by atoms with Gasteiger partial charge in [-0.2, -0.15) is 0 Å². The average molecular weight is 264 g/mol. The third kappa shape index (κ3) is 3.73. The van der Waals surface area contributed by atoms with E-state index in [4.69, 9.17) is 9.84 Å². The Hall–Kier alpha value is -1.49. The first-order chi connectivity index (χ1) is 9.20. The first kappa shape index (κ1) is 13.9. The summed E-state index contributed by atoms with van der Waals surface area (Å²) in [7, 11) is 0. The second-order valence-electron chi connectivity index (χ2n) is 4.89. The van der Waals surface area contributed by atoms with Crippen LogP contribution in [0.25, 0.3) is 0 Å². The van der Waals surface area contributed by atoms with Gasteiger partial charge in [-0.05, 0) is 25.7 Å². The van der Waals surface area contributed by atoms with Crippen molar-refractivity contribution in [3.63, 3.8) is 0 Å². The Morgan fingerprint density at radius 1 is 1.53 bits per heavy atom. The highest BCUT2D eigenvalue weighted by atomic mass is 16.5. The second kappa shape index (κ2) is 6.61.